The molecular weight excluding hydrogens is 282 g/mol. The molecule has 6 heteroatoms. The molecule has 3 N–H and O–H groups in total. The van der Waals surface area contributed by atoms with Crippen LogP contribution in [0.4, 0.5) is 5.69 Å². The third-order valence-corrected chi connectivity index (χ3v) is 3.72. The molecule has 0 bridgehead atoms. The molecule has 0 saturated carbocycles. The minimum Gasteiger partial charge on any atom is -0.484 e. The summed E-state index contributed by atoms with van der Waals surface area (Å²) in [5, 5.41) is 2.78. The van der Waals surface area contributed by atoms with Gasteiger partial charge in [0.15, 0.2) is 6.61 Å². The fourth-order valence-corrected chi connectivity index (χ4v) is 2.24. The predicted octanol–water partition coefficient (Wildman–Crippen LogP) is 1.22. The normalized spacial score (nSPS) is 15.5. The number of nitrogens with two attached hydrogens (primary N) is 1. The first-order chi connectivity index (χ1) is 10.6. The molecule has 120 valence electrons. The smallest absolute Gasteiger partial charge is 0.260 e. The third kappa shape index (κ3) is 4.46. The molecule has 1 unspecified atom stereocenters. The van der Waals surface area contributed by atoms with Crippen molar-refractivity contribution in [2.45, 2.75) is 19.8 Å². The zero-order valence-electron chi connectivity index (χ0n) is 12.9. The van der Waals surface area contributed by atoms with E-state index in [0.29, 0.717) is 18.0 Å². The number of ether oxygens (including phenoxy) is 1. The van der Waals surface area contributed by atoms with E-state index < -0.39 is 0 Å². The number of carbonyl (C=O) groups excluding carboxylic acids is 2. The van der Waals surface area contributed by atoms with E-state index in [-0.39, 0.29) is 24.3 Å². The van der Waals surface area contributed by atoms with Gasteiger partial charge < -0.3 is 20.7 Å². The number of nitrogens with zero attached hydrogens (tertiary/aromatic N) is 1. The number of benzene rings is 1. The van der Waals surface area contributed by atoms with E-state index in [1.165, 1.54) is 0 Å². The van der Waals surface area contributed by atoms with Gasteiger partial charge in [0, 0.05) is 37.3 Å². The van der Waals surface area contributed by atoms with Gasteiger partial charge in [-0.1, -0.05) is 13.0 Å². The lowest BCUT2D eigenvalue weighted by atomic mass is 10.1. The largest absolute Gasteiger partial charge is 0.484 e. The first kappa shape index (κ1) is 16.3. The van der Waals surface area contributed by atoms with E-state index in [9.17, 15) is 9.59 Å². The van der Waals surface area contributed by atoms with Crippen molar-refractivity contribution in [3.63, 3.8) is 0 Å². The van der Waals surface area contributed by atoms with E-state index in [2.05, 4.69) is 5.32 Å². The first-order valence-corrected chi connectivity index (χ1v) is 7.61. The van der Waals surface area contributed by atoms with E-state index in [1.807, 2.05) is 4.90 Å². The summed E-state index contributed by atoms with van der Waals surface area (Å²) < 4.78 is 5.52. The first-order valence-electron chi connectivity index (χ1n) is 7.61. The second-order valence-corrected chi connectivity index (χ2v) is 5.53. The van der Waals surface area contributed by atoms with Gasteiger partial charge in [0.1, 0.15) is 5.75 Å². The third-order valence-electron chi connectivity index (χ3n) is 3.72. The Morgan fingerprint density at radius 1 is 1.36 bits per heavy atom. The number of hydrogen-bond donors (Lipinski definition) is 2. The summed E-state index contributed by atoms with van der Waals surface area (Å²) in [7, 11) is 0. The van der Waals surface area contributed by atoms with E-state index in [1.54, 1.807) is 31.2 Å². The minimum absolute atomic E-state index is 0.00342. The van der Waals surface area contributed by atoms with Crippen LogP contribution in [0.5, 0.6) is 5.75 Å². The predicted molar refractivity (Wildman–Crippen MR) is 84.6 cm³/mol. The maximum atomic E-state index is 11.9. The fourth-order valence-electron chi connectivity index (χ4n) is 2.24. The maximum absolute atomic E-state index is 11.9. The molecule has 1 aliphatic rings. The molecule has 0 radical (unpaired) electrons. The molecule has 1 aromatic carbocycles. The Morgan fingerprint density at radius 2 is 2.09 bits per heavy atom. The molecule has 2 rings (SSSR count). The van der Waals surface area contributed by atoms with Gasteiger partial charge in [0.05, 0.1) is 0 Å². The molecule has 1 fully saturated rings. The second-order valence-electron chi connectivity index (χ2n) is 5.53. The molecule has 22 heavy (non-hydrogen) atoms. The van der Waals surface area contributed by atoms with Crippen molar-refractivity contribution in [3.05, 3.63) is 24.3 Å². The van der Waals surface area contributed by atoms with Crippen LogP contribution in [0.1, 0.15) is 19.8 Å². The Hall–Kier alpha value is -2.08. The highest BCUT2D eigenvalue weighted by molar-refractivity contribution is 5.92. The molecular formula is C16H23N3O3. The number of hydrogen-bond acceptors (Lipinski definition) is 4. The standard InChI is InChI=1S/C16H23N3O3/c1-12(10-17)16(21)18-13-5-4-6-14(9-13)22-11-15(20)19-7-2-3-8-19/h4-6,9,12H,2-3,7-8,10-11,17H2,1H3,(H,18,21). The summed E-state index contributed by atoms with van der Waals surface area (Å²) in [6.07, 6.45) is 2.12. The summed E-state index contributed by atoms with van der Waals surface area (Å²) in [5.41, 5.74) is 6.11. The summed E-state index contributed by atoms with van der Waals surface area (Å²) in [5.74, 6) is 0.184. The monoisotopic (exact) mass is 305 g/mol. The molecule has 1 atom stereocenters. The molecule has 1 aromatic rings. The average molecular weight is 305 g/mol. The molecule has 0 aliphatic carbocycles. The molecule has 0 aromatic heterocycles. The second kappa shape index (κ2) is 7.79. The minimum atomic E-state index is -0.249. The Morgan fingerprint density at radius 3 is 2.77 bits per heavy atom. The average Bonchev–Trinajstić information content (AvgIpc) is 3.06. The lowest BCUT2D eigenvalue weighted by Crippen LogP contribution is -2.32. The highest BCUT2D eigenvalue weighted by Crippen LogP contribution is 2.18. The molecule has 2 amide bonds. The Labute approximate surface area is 130 Å². The lowest BCUT2D eigenvalue weighted by molar-refractivity contribution is -0.132. The zero-order valence-corrected chi connectivity index (χ0v) is 12.9. The Balaban J connectivity index is 1.88. The SMILES string of the molecule is CC(CN)C(=O)Nc1cccc(OCC(=O)N2CCCC2)c1. The molecule has 0 spiro atoms. The van der Waals surface area contributed by atoms with Gasteiger partial charge in [-0.05, 0) is 25.0 Å². The van der Waals surface area contributed by atoms with E-state index in [0.717, 1.165) is 25.9 Å². The van der Waals surface area contributed by atoms with Crippen molar-refractivity contribution < 1.29 is 14.3 Å². The van der Waals surface area contributed by atoms with Crippen LogP contribution in [0, 0.1) is 5.92 Å². The van der Waals surface area contributed by atoms with Crippen LogP contribution in [-0.4, -0.2) is 43.0 Å². The summed E-state index contributed by atoms with van der Waals surface area (Å²) in [6, 6.07) is 7.02. The fraction of sp³-hybridized carbons (Fsp3) is 0.500. The summed E-state index contributed by atoms with van der Waals surface area (Å²) in [6.45, 7) is 3.72. The van der Waals surface area contributed by atoms with Crippen molar-refractivity contribution >= 4 is 17.5 Å². The van der Waals surface area contributed by atoms with E-state index >= 15 is 0 Å². The quantitative estimate of drug-likeness (QED) is 0.827. The van der Waals surface area contributed by atoms with Crippen LogP contribution in [0.25, 0.3) is 0 Å². The number of amides is 2. The highest BCUT2D eigenvalue weighted by atomic mass is 16.5. The number of rotatable bonds is 6. The van der Waals surface area contributed by atoms with Gasteiger partial charge in [-0.2, -0.15) is 0 Å². The van der Waals surface area contributed by atoms with Crippen molar-refractivity contribution in [1.82, 2.24) is 4.90 Å². The van der Waals surface area contributed by atoms with Crippen LogP contribution in [0.3, 0.4) is 0 Å². The van der Waals surface area contributed by atoms with E-state index in [4.69, 9.17) is 10.5 Å². The van der Waals surface area contributed by atoms with Crippen LogP contribution < -0.4 is 15.8 Å². The van der Waals surface area contributed by atoms with Crippen molar-refractivity contribution in [2.75, 3.05) is 31.6 Å². The molecule has 1 aliphatic heterocycles. The molecule has 1 heterocycles. The molecule has 6 nitrogen and oxygen atoms in total. The van der Waals surface area contributed by atoms with Crippen molar-refractivity contribution in [2.24, 2.45) is 11.7 Å². The summed E-state index contributed by atoms with van der Waals surface area (Å²) in [4.78, 5) is 25.5. The van der Waals surface area contributed by atoms with Crippen LogP contribution >= 0.6 is 0 Å². The van der Waals surface area contributed by atoms with Gasteiger partial charge in [-0.25, -0.2) is 0 Å². The zero-order chi connectivity index (χ0) is 15.9. The number of anilines is 1. The lowest BCUT2D eigenvalue weighted by Gasteiger charge is -2.16. The van der Waals surface area contributed by atoms with Gasteiger partial charge in [-0.15, -0.1) is 0 Å². The van der Waals surface area contributed by atoms with Gasteiger partial charge in [0.2, 0.25) is 5.91 Å². The van der Waals surface area contributed by atoms with Crippen molar-refractivity contribution in [3.8, 4) is 5.75 Å². The number of likely N-dealkylation sites (tertiary alicyclic amines) is 1. The van der Waals surface area contributed by atoms with Crippen molar-refractivity contribution in [1.29, 1.82) is 0 Å². The molecule has 1 saturated heterocycles. The van der Waals surface area contributed by atoms with Gasteiger partial charge >= 0.3 is 0 Å². The number of nitrogens with one attached hydrogen (secondary N) is 1. The topological polar surface area (TPSA) is 84.7 Å². The Kier molecular flexibility index (Phi) is 5.77. The van der Waals surface area contributed by atoms with Gasteiger partial charge in [-0.3, -0.25) is 9.59 Å². The Bertz CT molecular complexity index is 527. The highest BCUT2D eigenvalue weighted by Gasteiger charge is 2.18. The van der Waals surface area contributed by atoms with Crippen LogP contribution in [0.15, 0.2) is 24.3 Å². The van der Waals surface area contributed by atoms with Crippen LogP contribution in [0.2, 0.25) is 0 Å². The maximum Gasteiger partial charge on any atom is 0.260 e. The van der Waals surface area contributed by atoms with Crippen LogP contribution in [-0.2, 0) is 9.59 Å². The number of carbonyl (C=O) groups is 2. The van der Waals surface area contributed by atoms with Gasteiger partial charge in [0.25, 0.3) is 5.91 Å². The summed E-state index contributed by atoms with van der Waals surface area (Å²) >= 11 is 0.